The summed E-state index contributed by atoms with van der Waals surface area (Å²) >= 11 is 6.46. The first kappa shape index (κ1) is 11.9. The van der Waals surface area contributed by atoms with Crippen molar-refractivity contribution in [1.82, 2.24) is 14.7 Å². The highest BCUT2D eigenvalue weighted by Crippen LogP contribution is 2.09. The van der Waals surface area contributed by atoms with Gasteiger partial charge >= 0.3 is 0 Å². The summed E-state index contributed by atoms with van der Waals surface area (Å²) < 4.78 is 4.07. The maximum Gasteiger partial charge on any atom is 0.208 e. The van der Waals surface area contributed by atoms with E-state index >= 15 is 0 Å². The van der Waals surface area contributed by atoms with Crippen molar-refractivity contribution in [1.29, 1.82) is 0 Å². The summed E-state index contributed by atoms with van der Waals surface area (Å²) in [5.74, 6) is 0.753. The second-order valence-electron chi connectivity index (χ2n) is 3.44. The Hall–Kier alpha value is -1.53. The molecule has 0 fully saturated rings. The van der Waals surface area contributed by atoms with Crippen LogP contribution in [0.25, 0.3) is 0 Å². The normalized spacial score (nSPS) is 9.94. The van der Waals surface area contributed by atoms with Gasteiger partial charge in [-0.25, -0.2) is 4.98 Å². The van der Waals surface area contributed by atoms with Crippen molar-refractivity contribution < 1.29 is 0 Å². The predicted octanol–water partition coefficient (Wildman–Crippen LogP) is 2.33. The van der Waals surface area contributed by atoms with Crippen LogP contribution in [0.1, 0.15) is 11.4 Å². The molecule has 88 valence electrons. The smallest absolute Gasteiger partial charge is 0.208 e. The van der Waals surface area contributed by atoms with E-state index in [0.29, 0.717) is 16.8 Å². The number of hydrogen-bond acceptors (Lipinski definition) is 4. The Morgan fingerprint density at radius 1 is 1.35 bits per heavy atom. The number of nitrogens with one attached hydrogen (secondary N) is 2. The molecular weight excluding hydrogens is 252 g/mol. The summed E-state index contributed by atoms with van der Waals surface area (Å²) in [5, 5.41) is 7.39. The van der Waals surface area contributed by atoms with E-state index in [0.717, 1.165) is 5.82 Å². The number of rotatable bonds is 3. The summed E-state index contributed by atoms with van der Waals surface area (Å²) in [4.78, 5) is 4.17. The van der Waals surface area contributed by atoms with Crippen LogP contribution in [0, 0.1) is 6.92 Å². The molecule has 2 N–H and O–H groups in total. The molecule has 0 saturated carbocycles. The van der Waals surface area contributed by atoms with Gasteiger partial charge in [0.05, 0.1) is 0 Å². The summed E-state index contributed by atoms with van der Waals surface area (Å²) in [7, 11) is 0. The first-order chi connectivity index (χ1) is 8.24. The summed E-state index contributed by atoms with van der Waals surface area (Å²) in [6, 6.07) is 10.1. The Bertz CT molecular complexity index is 495. The number of hydrogen-bond donors (Lipinski definition) is 2. The molecule has 0 radical (unpaired) electrons. The zero-order valence-corrected chi connectivity index (χ0v) is 10.9. The first-order valence-corrected chi connectivity index (χ1v) is 6.31. The number of aromatic nitrogens is 2. The van der Waals surface area contributed by atoms with Gasteiger partial charge in [0.2, 0.25) is 5.13 Å². The molecule has 1 heterocycles. The van der Waals surface area contributed by atoms with Crippen LogP contribution < -0.4 is 10.6 Å². The van der Waals surface area contributed by atoms with Gasteiger partial charge in [-0.05, 0) is 24.7 Å². The molecule has 0 unspecified atom stereocenters. The van der Waals surface area contributed by atoms with Gasteiger partial charge in [-0.15, -0.1) is 0 Å². The van der Waals surface area contributed by atoms with Crippen molar-refractivity contribution in [3.63, 3.8) is 0 Å². The van der Waals surface area contributed by atoms with Gasteiger partial charge in [0, 0.05) is 18.1 Å². The fourth-order valence-electron chi connectivity index (χ4n) is 1.27. The van der Waals surface area contributed by atoms with Crippen molar-refractivity contribution >= 4 is 34.0 Å². The lowest BCUT2D eigenvalue weighted by atomic mass is 10.2. The quantitative estimate of drug-likeness (QED) is 0.833. The highest BCUT2D eigenvalue weighted by molar-refractivity contribution is 7.80. The summed E-state index contributed by atoms with van der Waals surface area (Å²) in [5.41, 5.74) is 1.19. The number of benzene rings is 1. The molecule has 0 aliphatic carbocycles. The van der Waals surface area contributed by atoms with Crippen molar-refractivity contribution in [2.24, 2.45) is 0 Å². The molecule has 0 bridgehead atoms. The lowest BCUT2D eigenvalue weighted by molar-refractivity contribution is 0.925. The maximum atomic E-state index is 5.16. The third-order valence-corrected chi connectivity index (χ3v) is 3.01. The molecule has 2 aromatic rings. The second kappa shape index (κ2) is 5.70. The average Bonchev–Trinajstić information content (AvgIpc) is 2.73. The van der Waals surface area contributed by atoms with Crippen LogP contribution in [0.15, 0.2) is 30.3 Å². The van der Waals surface area contributed by atoms with Crippen molar-refractivity contribution in [2.45, 2.75) is 13.5 Å². The van der Waals surface area contributed by atoms with Gasteiger partial charge in [0.15, 0.2) is 5.11 Å². The summed E-state index contributed by atoms with van der Waals surface area (Å²) in [6.07, 6.45) is 0. The van der Waals surface area contributed by atoms with E-state index in [-0.39, 0.29) is 0 Å². The fraction of sp³-hybridized carbons (Fsp3) is 0.182. The van der Waals surface area contributed by atoms with E-state index < -0.39 is 0 Å². The van der Waals surface area contributed by atoms with Crippen LogP contribution in [-0.4, -0.2) is 14.5 Å². The Balaban J connectivity index is 1.82. The van der Waals surface area contributed by atoms with E-state index in [2.05, 4.69) is 20.0 Å². The van der Waals surface area contributed by atoms with E-state index in [9.17, 15) is 0 Å². The van der Waals surface area contributed by atoms with Crippen LogP contribution in [-0.2, 0) is 6.54 Å². The van der Waals surface area contributed by atoms with Crippen LogP contribution >= 0.6 is 23.8 Å². The van der Waals surface area contributed by atoms with Crippen LogP contribution in [0.5, 0.6) is 0 Å². The van der Waals surface area contributed by atoms with Gasteiger partial charge in [-0.2, -0.15) is 4.37 Å². The first-order valence-electron chi connectivity index (χ1n) is 5.13. The van der Waals surface area contributed by atoms with Crippen LogP contribution in [0.3, 0.4) is 0 Å². The number of anilines is 1. The van der Waals surface area contributed by atoms with Gasteiger partial charge in [-0.3, -0.25) is 0 Å². The molecule has 0 amide bonds. The van der Waals surface area contributed by atoms with Crippen molar-refractivity contribution in [3.05, 3.63) is 41.7 Å². The maximum absolute atomic E-state index is 5.16. The minimum absolute atomic E-state index is 0.560. The monoisotopic (exact) mass is 264 g/mol. The Morgan fingerprint density at radius 3 is 2.76 bits per heavy atom. The lowest BCUT2D eigenvalue weighted by Gasteiger charge is -2.07. The largest absolute Gasteiger partial charge is 0.358 e. The molecule has 6 heteroatoms. The Labute approximate surface area is 109 Å². The van der Waals surface area contributed by atoms with Crippen LogP contribution in [0.4, 0.5) is 5.13 Å². The minimum atomic E-state index is 0.560. The molecule has 4 nitrogen and oxygen atoms in total. The molecule has 0 spiro atoms. The predicted molar refractivity (Wildman–Crippen MR) is 74.1 cm³/mol. The van der Waals surface area contributed by atoms with E-state index in [1.54, 1.807) is 0 Å². The molecule has 17 heavy (non-hydrogen) atoms. The molecule has 0 atom stereocenters. The number of aryl methyl sites for hydroxylation is 1. The Morgan fingerprint density at radius 2 is 2.12 bits per heavy atom. The molecule has 0 saturated heterocycles. The number of thiocarbonyl (C=S) groups is 1. The van der Waals surface area contributed by atoms with Crippen molar-refractivity contribution in [2.75, 3.05) is 5.32 Å². The summed E-state index contributed by atoms with van der Waals surface area (Å²) in [6.45, 7) is 2.55. The van der Waals surface area contributed by atoms with E-state index in [4.69, 9.17) is 12.2 Å². The topological polar surface area (TPSA) is 49.8 Å². The van der Waals surface area contributed by atoms with Gasteiger partial charge < -0.3 is 10.6 Å². The van der Waals surface area contributed by atoms with Crippen LogP contribution in [0.2, 0.25) is 0 Å². The van der Waals surface area contributed by atoms with E-state index in [1.165, 1.54) is 17.1 Å². The fourth-order valence-corrected chi connectivity index (χ4v) is 2.08. The molecule has 0 aliphatic rings. The molecule has 2 rings (SSSR count). The van der Waals surface area contributed by atoms with E-state index in [1.807, 2.05) is 37.3 Å². The van der Waals surface area contributed by atoms with Gasteiger partial charge in [-0.1, -0.05) is 30.3 Å². The van der Waals surface area contributed by atoms with Crippen molar-refractivity contribution in [3.8, 4) is 0 Å². The highest BCUT2D eigenvalue weighted by atomic mass is 32.1. The number of nitrogens with zero attached hydrogens (tertiary/aromatic N) is 2. The zero-order chi connectivity index (χ0) is 12.1. The van der Waals surface area contributed by atoms with Gasteiger partial charge in [0.1, 0.15) is 5.82 Å². The third-order valence-electron chi connectivity index (χ3n) is 2.04. The average molecular weight is 264 g/mol. The SMILES string of the molecule is Cc1nsc(NC(=S)NCc2ccccc2)n1. The molecule has 1 aromatic carbocycles. The molecular formula is C11H12N4S2. The highest BCUT2D eigenvalue weighted by Gasteiger charge is 2.02. The Kier molecular flexibility index (Phi) is 4.00. The molecule has 1 aromatic heterocycles. The molecule has 0 aliphatic heterocycles. The standard InChI is InChI=1S/C11H12N4S2/c1-8-13-11(17-15-8)14-10(16)12-7-9-5-3-2-4-6-9/h2-6H,7H2,1H3,(H2,12,13,14,15,16). The zero-order valence-electron chi connectivity index (χ0n) is 9.30. The second-order valence-corrected chi connectivity index (χ2v) is 4.60. The minimum Gasteiger partial charge on any atom is -0.358 e. The lowest BCUT2D eigenvalue weighted by Crippen LogP contribution is -2.27. The van der Waals surface area contributed by atoms with Gasteiger partial charge in [0.25, 0.3) is 0 Å². The third kappa shape index (κ3) is 3.76.